The lowest BCUT2D eigenvalue weighted by molar-refractivity contribution is -0.148. The molecule has 1 aliphatic heterocycles. The Morgan fingerprint density at radius 3 is 2.61 bits per heavy atom. The maximum absolute atomic E-state index is 11.9. The molecule has 0 radical (unpaired) electrons. The van der Waals surface area contributed by atoms with Gasteiger partial charge in [0, 0.05) is 0 Å². The normalized spacial score (nSPS) is 40.1. The van der Waals surface area contributed by atoms with Gasteiger partial charge in [0.1, 0.15) is 0 Å². The molecule has 1 heterocycles. The first-order chi connectivity index (χ1) is 8.78. The molecule has 4 atom stereocenters. The minimum Gasteiger partial charge on any atom is -0.469 e. The van der Waals surface area contributed by atoms with Gasteiger partial charge in [-0.25, -0.2) is 0 Å². The molecule has 3 nitrogen and oxygen atoms in total. The maximum atomic E-state index is 11.9. The molecule has 102 valence electrons. The smallest absolute Gasteiger partial charge is 0.309 e. The standard InChI is InChI=1S/C15H24O3/c1-17-15(16)12-9-14-13(18-14)8-11(12)7-10-5-3-2-4-6-10/h10-14H,2-9H2,1H3. The SMILES string of the molecule is COC(=O)C1CC2OC2CC1CC1CCCCC1. The van der Waals surface area contributed by atoms with Crippen molar-refractivity contribution in [1.82, 2.24) is 0 Å². The van der Waals surface area contributed by atoms with E-state index in [1.165, 1.54) is 45.6 Å². The van der Waals surface area contributed by atoms with Crippen molar-refractivity contribution in [2.75, 3.05) is 7.11 Å². The lowest BCUT2D eigenvalue weighted by Crippen LogP contribution is -2.33. The number of rotatable bonds is 3. The van der Waals surface area contributed by atoms with Gasteiger partial charge in [-0.15, -0.1) is 0 Å². The topological polar surface area (TPSA) is 38.8 Å². The predicted molar refractivity (Wildman–Crippen MR) is 68.1 cm³/mol. The van der Waals surface area contributed by atoms with Crippen LogP contribution in [0.15, 0.2) is 0 Å². The Balaban J connectivity index is 1.61. The van der Waals surface area contributed by atoms with Gasteiger partial charge in [-0.2, -0.15) is 0 Å². The summed E-state index contributed by atoms with van der Waals surface area (Å²) in [4.78, 5) is 11.9. The summed E-state index contributed by atoms with van der Waals surface area (Å²) in [7, 11) is 1.51. The van der Waals surface area contributed by atoms with Crippen molar-refractivity contribution in [3.8, 4) is 0 Å². The van der Waals surface area contributed by atoms with Crippen LogP contribution in [0.3, 0.4) is 0 Å². The second kappa shape index (κ2) is 5.20. The molecule has 2 saturated carbocycles. The van der Waals surface area contributed by atoms with Gasteiger partial charge in [-0.05, 0) is 31.1 Å². The summed E-state index contributed by atoms with van der Waals surface area (Å²) in [5, 5.41) is 0. The quantitative estimate of drug-likeness (QED) is 0.572. The molecule has 18 heavy (non-hydrogen) atoms. The van der Waals surface area contributed by atoms with Crippen LogP contribution in [-0.4, -0.2) is 25.3 Å². The molecular weight excluding hydrogens is 228 g/mol. The van der Waals surface area contributed by atoms with Crippen molar-refractivity contribution in [3.05, 3.63) is 0 Å². The molecule has 0 bridgehead atoms. The van der Waals surface area contributed by atoms with Gasteiger partial charge in [-0.3, -0.25) is 4.79 Å². The Kier molecular flexibility index (Phi) is 3.60. The first-order valence-electron chi connectivity index (χ1n) is 7.51. The first-order valence-corrected chi connectivity index (χ1v) is 7.51. The van der Waals surface area contributed by atoms with Crippen molar-refractivity contribution in [3.63, 3.8) is 0 Å². The molecule has 4 unspecified atom stereocenters. The summed E-state index contributed by atoms with van der Waals surface area (Å²) in [5.74, 6) is 1.43. The highest BCUT2D eigenvalue weighted by molar-refractivity contribution is 5.73. The number of carbonyl (C=O) groups is 1. The Labute approximate surface area is 109 Å². The molecule has 0 spiro atoms. The largest absolute Gasteiger partial charge is 0.469 e. The summed E-state index contributed by atoms with van der Waals surface area (Å²) >= 11 is 0. The average Bonchev–Trinajstić information content (AvgIpc) is 3.16. The van der Waals surface area contributed by atoms with Crippen LogP contribution < -0.4 is 0 Å². The van der Waals surface area contributed by atoms with E-state index in [2.05, 4.69) is 0 Å². The van der Waals surface area contributed by atoms with Crippen LogP contribution in [0.2, 0.25) is 0 Å². The molecule has 2 aliphatic carbocycles. The molecular formula is C15H24O3. The second-order valence-electron chi connectivity index (χ2n) is 6.31. The molecule has 3 heteroatoms. The van der Waals surface area contributed by atoms with Gasteiger partial charge in [0.05, 0.1) is 25.2 Å². The van der Waals surface area contributed by atoms with Gasteiger partial charge >= 0.3 is 5.97 Å². The fourth-order valence-corrected chi connectivity index (χ4v) is 4.05. The number of methoxy groups -OCH3 is 1. The summed E-state index contributed by atoms with van der Waals surface area (Å²) < 4.78 is 10.6. The Morgan fingerprint density at radius 2 is 1.89 bits per heavy atom. The molecule has 0 N–H and O–H groups in total. The van der Waals surface area contributed by atoms with Crippen molar-refractivity contribution in [1.29, 1.82) is 0 Å². The van der Waals surface area contributed by atoms with Crippen LogP contribution in [0, 0.1) is 17.8 Å². The fourth-order valence-electron chi connectivity index (χ4n) is 4.05. The predicted octanol–water partition coefficient (Wildman–Crippen LogP) is 2.92. The summed E-state index contributed by atoms with van der Waals surface area (Å²) in [5.41, 5.74) is 0. The zero-order chi connectivity index (χ0) is 12.5. The zero-order valence-corrected chi connectivity index (χ0v) is 11.3. The third kappa shape index (κ3) is 2.56. The third-order valence-electron chi connectivity index (χ3n) is 5.14. The van der Waals surface area contributed by atoms with E-state index in [4.69, 9.17) is 9.47 Å². The van der Waals surface area contributed by atoms with Gasteiger partial charge in [0.15, 0.2) is 0 Å². The van der Waals surface area contributed by atoms with Crippen LogP contribution >= 0.6 is 0 Å². The fraction of sp³-hybridized carbons (Fsp3) is 0.933. The van der Waals surface area contributed by atoms with Crippen molar-refractivity contribution in [2.24, 2.45) is 17.8 Å². The van der Waals surface area contributed by atoms with Crippen molar-refractivity contribution < 1.29 is 14.3 Å². The molecule has 0 aromatic heterocycles. The number of esters is 1. The van der Waals surface area contributed by atoms with E-state index in [1.54, 1.807) is 0 Å². The van der Waals surface area contributed by atoms with Crippen LogP contribution in [0.4, 0.5) is 0 Å². The molecule has 3 aliphatic rings. The minimum atomic E-state index is -0.00948. The maximum Gasteiger partial charge on any atom is 0.309 e. The molecule has 3 fully saturated rings. The van der Waals surface area contributed by atoms with Crippen molar-refractivity contribution >= 4 is 5.97 Å². The molecule has 3 rings (SSSR count). The van der Waals surface area contributed by atoms with Gasteiger partial charge in [0.2, 0.25) is 0 Å². The summed E-state index contributed by atoms with van der Waals surface area (Å²) in [6, 6.07) is 0. The van der Waals surface area contributed by atoms with E-state index in [0.29, 0.717) is 18.1 Å². The number of hydrogen-bond acceptors (Lipinski definition) is 3. The Bertz CT molecular complexity index is 309. The zero-order valence-electron chi connectivity index (χ0n) is 11.3. The van der Waals surface area contributed by atoms with Crippen LogP contribution in [-0.2, 0) is 14.3 Å². The van der Waals surface area contributed by atoms with Gasteiger partial charge < -0.3 is 9.47 Å². The Hall–Kier alpha value is -0.570. The summed E-state index contributed by atoms with van der Waals surface area (Å²) in [6.07, 6.45) is 10.9. The second-order valence-corrected chi connectivity index (χ2v) is 6.31. The first kappa shape index (κ1) is 12.5. The van der Waals surface area contributed by atoms with Crippen LogP contribution in [0.1, 0.15) is 51.4 Å². The minimum absolute atomic E-state index is 0.00948. The third-order valence-corrected chi connectivity index (χ3v) is 5.14. The highest BCUT2D eigenvalue weighted by atomic mass is 16.6. The van der Waals surface area contributed by atoms with Crippen LogP contribution in [0.25, 0.3) is 0 Å². The summed E-state index contributed by atoms with van der Waals surface area (Å²) in [6.45, 7) is 0. The highest BCUT2D eigenvalue weighted by Gasteiger charge is 2.50. The Morgan fingerprint density at radius 1 is 1.17 bits per heavy atom. The molecule has 1 saturated heterocycles. The van der Waals surface area contributed by atoms with Crippen molar-refractivity contribution in [2.45, 2.75) is 63.6 Å². The lowest BCUT2D eigenvalue weighted by atomic mass is 9.72. The highest BCUT2D eigenvalue weighted by Crippen LogP contribution is 2.46. The number of hydrogen-bond donors (Lipinski definition) is 0. The number of ether oxygens (including phenoxy) is 2. The van der Waals surface area contributed by atoms with Crippen LogP contribution in [0.5, 0.6) is 0 Å². The molecule has 0 amide bonds. The molecule has 0 aromatic carbocycles. The van der Waals surface area contributed by atoms with E-state index in [9.17, 15) is 4.79 Å². The number of carbonyl (C=O) groups excluding carboxylic acids is 1. The van der Waals surface area contributed by atoms with E-state index in [1.807, 2.05) is 0 Å². The lowest BCUT2D eigenvalue weighted by Gasteiger charge is -2.32. The monoisotopic (exact) mass is 252 g/mol. The average molecular weight is 252 g/mol. The van der Waals surface area contributed by atoms with Gasteiger partial charge in [-0.1, -0.05) is 32.1 Å². The van der Waals surface area contributed by atoms with E-state index >= 15 is 0 Å². The molecule has 0 aromatic rings. The van der Waals surface area contributed by atoms with Gasteiger partial charge in [0.25, 0.3) is 0 Å². The number of epoxide rings is 1. The number of fused-ring (bicyclic) bond motifs is 1. The van der Waals surface area contributed by atoms with E-state index in [-0.39, 0.29) is 11.9 Å². The van der Waals surface area contributed by atoms with E-state index < -0.39 is 0 Å². The van der Waals surface area contributed by atoms with E-state index in [0.717, 1.165) is 18.8 Å².